The minimum Gasteiger partial charge on any atom is -0.309 e. The van der Waals surface area contributed by atoms with Crippen LogP contribution in [0.5, 0.6) is 0 Å². The zero-order valence-electron chi connectivity index (χ0n) is 30.3. The molecule has 0 spiro atoms. The molecular formula is C52H32N4. The van der Waals surface area contributed by atoms with Crippen molar-refractivity contribution in [3.8, 4) is 34.0 Å². The molecule has 0 N–H and O–H groups in total. The molecule has 0 aliphatic heterocycles. The lowest BCUT2D eigenvalue weighted by molar-refractivity contribution is 1.01. The summed E-state index contributed by atoms with van der Waals surface area (Å²) in [6, 6.07) is 69.7. The van der Waals surface area contributed by atoms with Crippen molar-refractivity contribution in [2.45, 2.75) is 0 Å². The quantitative estimate of drug-likeness (QED) is 0.182. The molecule has 56 heavy (non-hydrogen) atoms. The molecule has 9 aromatic carbocycles. The lowest BCUT2D eigenvalue weighted by Gasteiger charge is -2.14. The number of aromatic nitrogens is 4. The number of hydrogen-bond acceptors (Lipinski definition) is 2. The van der Waals surface area contributed by atoms with Crippen LogP contribution in [0.4, 0.5) is 0 Å². The number of hydrogen-bond donors (Lipinski definition) is 0. The van der Waals surface area contributed by atoms with Gasteiger partial charge in [0.25, 0.3) is 0 Å². The van der Waals surface area contributed by atoms with E-state index < -0.39 is 0 Å². The lowest BCUT2D eigenvalue weighted by atomic mass is 10.0. The van der Waals surface area contributed by atoms with E-state index in [1.165, 1.54) is 59.9 Å². The van der Waals surface area contributed by atoms with Crippen molar-refractivity contribution in [1.29, 1.82) is 0 Å². The molecule has 0 amide bonds. The molecule has 12 rings (SSSR count). The fourth-order valence-electron chi connectivity index (χ4n) is 8.88. The van der Waals surface area contributed by atoms with Crippen LogP contribution >= 0.6 is 0 Å². The number of rotatable bonds is 4. The van der Waals surface area contributed by atoms with Crippen LogP contribution in [0.15, 0.2) is 194 Å². The summed E-state index contributed by atoms with van der Waals surface area (Å²) in [6.45, 7) is 0. The number of fused-ring (bicyclic) bond motifs is 10. The molecule has 0 atom stereocenters. The molecule has 0 saturated carbocycles. The molecule has 12 aromatic rings. The Morgan fingerprint density at radius 2 is 0.929 bits per heavy atom. The van der Waals surface area contributed by atoms with Crippen LogP contribution in [0.1, 0.15) is 0 Å². The van der Waals surface area contributed by atoms with E-state index in [1.807, 2.05) is 0 Å². The summed E-state index contributed by atoms with van der Waals surface area (Å²) in [5.41, 5.74) is 10.8. The van der Waals surface area contributed by atoms with Gasteiger partial charge in [0.2, 0.25) is 5.95 Å². The Labute approximate surface area is 322 Å². The summed E-state index contributed by atoms with van der Waals surface area (Å²) in [5, 5.41) is 10.7. The highest BCUT2D eigenvalue weighted by Gasteiger charge is 2.21. The van der Waals surface area contributed by atoms with Gasteiger partial charge in [-0.15, -0.1) is 0 Å². The SMILES string of the molecule is c1ccc(-c2ccc(-c3nc(-n4c5cc(-n6c7ccccc7c7ccc8ccccc8c76)ccc5c5cc6ccccc6cc54)nc4ccccc34)cc2)cc1. The van der Waals surface area contributed by atoms with Gasteiger partial charge in [0, 0.05) is 43.6 Å². The Morgan fingerprint density at radius 3 is 1.77 bits per heavy atom. The Balaban J connectivity index is 1.16. The van der Waals surface area contributed by atoms with E-state index in [-0.39, 0.29) is 0 Å². The Morgan fingerprint density at radius 1 is 0.321 bits per heavy atom. The smallest absolute Gasteiger partial charge is 0.235 e. The zero-order chi connectivity index (χ0) is 36.7. The first-order valence-electron chi connectivity index (χ1n) is 19.1. The van der Waals surface area contributed by atoms with Crippen LogP contribution in [0.25, 0.3) is 110 Å². The summed E-state index contributed by atoms with van der Waals surface area (Å²) < 4.78 is 4.72. The molecule has 4 nitrogen and oxygen atoms in total. The molecule has 0 bridgehead atoms. The highest BCUT2D eigenvalue weighted by Crippen LogP contribution is 2.40. The van der Waals surface area contributed by atoms with Crippen molar-refractivity contribution in [3.63, 3.8) is 0 Å². The Kier molecular flexibility index (Phi) is 6.60. The molecule has 260 valence electrons. The minimum atomic E-state index is 0.644. The standard InChI is InChI=1S/C52H32N4/c1-2-12-33(13-3-1)34-22-24-36(25-23-34)50-44-19-8-10-20-46(44)53-52(54-50)56-48-31-38-16-5-4-15-37(38)30-45(48)42-29-27-39(32-49(42)56)55-47-21-11-9-18-41(47)43-28-26-35-14-6-7-17-40(35)51(43)55/h1-32H. The predicted molar refractivity (Wildman–Crippen MR) is 234 cm³/mol. The number of nitrogens with zero attached hydrogens (tertiary/aromatic N) is 4. The predicted octanol–water partition coefficient (Wildman–Crippen LogP) is 13.5. The Bertz CT molecular complexity index is 3520. The average Bonchev–Trinajstić information content (AvgIpc) is 3.77. The van der Waals surface area contributed by atoms with E-state index in [4.69, 9.17) is 9.97 Å². The van der Waals surface area contributed by atoms with Gasteiger partial charge in [-0.05, 0) is 63.7 Å². The summed E-state index contributed by atoms with van der Waals surface area (Å²) in [4.78, 5) is 10.8. The van der Waals surface area contributed by atoms with E-state index in [2.05, 4.69) is 203 Å². The second kappa shape index (κ2) is 12.0. The van der Waals surface area contributed by atoms with Crippen LogP contribution in [-0.4, -0.2) is 19.1 Å². The summed E-state index contributed by atoms with van der Waals surface area (Å²) in [7, 11) is 0. The van der Waals surface area contributed by atoms with Crippen molar-refractivity contribution in [2.75, 3.05) is 0 Å². The van der Waals surface area contributed by atoms with Gasteiger partial charge in [0.1, 0.15) is 0 Å². The molecule has 0 saturated heterocycles. The average molecular weight is 713 g/mol. The van der Waals surface area contributed by atoms with Gasteiger partial charge < -0.3 is 4.57 Å². The third-order valence-electron chi connectivity index (χ3n) is 11.5. The summed E-state index contributed by atoms with van der Waals surface area (Å²) >= 11 is 0. The van der Waals surface area contributed by atoms with Crippen molar-refractivity contribution in [3.05, 3.63) is 194 Å². The van der Waals surface area contributed by atoms with Gasteiger partial charge in [-0.1, -0.05) is 158 Å². The van der Waals surface area contributed by atoms with E-state index in [9.17, 15) is 0 Å². The molecule has 0 unspecified atom stereocenters. The van der Waals surface area contributed by atoms with Crippen molar-refractivity contribution < 1.29 is 0 Å². The number of para-hydroxylation sites is 2. The lowest BCUT2D eigenvalue weighted by Crippen LogP contribution is -2.04. The highest BCUT2D eigenvalue weighted by molar-refractivity contribution is 6.19. The third-order valence-corrected chi connectivity index (χ3v) is 11.5. The molecule has 4 heteroatoms. The van der Waals surface area contributed by atoms with Crippen LogP contribution in [0.2, 0.25) is 0 Å². The topological polar surface area (TPSA) is 35.6 Å². The normalized spacial score (nSPS) is 11.9. The maximum atomic E-state index is 5.47. The van der Waals surface area contributed by atoms with Crippen molar-refractivity contribution in [1.82, 2.24) is 19.1 Å². The van der Waals surface area contributed by atoms with Crippen LogP contribution < -0.4 is 0 Å². The van der Waals surface area contributed by atoms with Gasteiger partial charge >= 0.3 is 0 Å². The number of benzene rings is 9. The molecular weight excluding hydrogens is 681 g/mol. The maximum Gasteiger partial charge on any atom is 0.235 e. The molecule has 3 heterocycles. The van der Waals surface area contributed by atoms with E-state index in [0.29, 0.717) is 5.95 Å². The monoisotopic (exact) mass is 712 g/mol. The fraction of sp³-hybridized carbons (Fsp3) is 0. The van der Waals surface area contributed by atoms with E-state index >= 15 is 0 Å². The molecule has 0 fully saturated rings. The largest absolute Gasteiger partial charge is 0.309 e. The zero-order valence-corrected chi connectivity index (χ0v) is 30.3. The minimum absolute atomic E-state index is 0.644. The highest BCUT2D eigenvalue weighted by atomic mass is 15.2. The molecule has 3 aromatic heterocycles. The van der Waals surface area contributed by atoms with Crippen LogP contribution in [-0.2, 0) is 0 Å². The molecule has 0 aliphatic carbocycles. The van der Waals surface area contributed by atoms with Gasteiger partial charge in [-0.2, -0.15) is 0 Å². The maximum absolute atomic E-state index is 5.47. The van der Waals surface area contributed by atoms with Crippen LogP contribution in [0, 0.1) is 0 Å². The van der Waals surface area contributed by atoms with Crippen molar-refractivity contribution >= 4 is 76.1 Å². The van der Waals surface area contributed by atoms with Gasteiger partial charge in [0.15, 0.2) is 0 Å². The molecule has 0 radical (unpaired) electrons. The Hall–Kier alpha value is -7.56. The van der Waals surface area contributed by atoms with Crippen LogP contribution in [0.3, 0.4) is 0 Å². The second-order valence-corrected chi connectivity index (χ2v) is 14.6. The first kappa shape index (κ1) is 30.9. The van der Waals surface area contributed by atoms with Crippen molar-refractivity contribution in [2.24, 2.45) is 0 Å². The van der Waals surface area contributed by atoms with Gasteiger partial charge in [0.05, 0.1) is 33.3 Å². The van der Waals surface area contributed by atoms with Gasteiger partial charge in [-0.25, -0.2) is 9.97 Å². The first-order chi connectivity index (χ1) is 27.8. The molecule has 0 aliphatic rings. The van der Waals surface area contributed by atoms with Gasteiger partial charge in [-0.3, -0.25) is 4.57 Å². The summed E-state index contributed by atoms with van der Waals surface area (Å²) in [5.74, 6) is 0.644. The van der Waals surface area contributed by atoms with E-state index in [1.54, 1.807) is 0 Å². The first-order valence-corrected chi connectivity index (χ1v) is 19.1. The summed E-state index contributed by atoms with van der Waals surface area (Å²) in [6.07, 6.45) is 0. The fourth-order valence-corrected chi connectivity index (χ4v) is 8.88. The van der Waals surface area contributed by atoms with E-state index in [0.717, 1.165) is 44.3 Å². The third kappa shape index (κ3) is 4.60. The second-order valence-electron chi connectivity index (χ2n) is 14.6.